The third-order valence-electron chi connectivity index (χ3n) is 3.82. The van der Waals surface area contributed by atoms with Crippen LogP contribution >= 0.6 is 46.4 Å². The van der Waals surface area contributed by atoms with Crippen molar-refractivity contribution in [3.8, 4) is 34.9 Å². The number of ether oxygens (including phenoxy) is 2. The molecule has 30 heavy (non-hydrogen) atoms. The SMILES string of the molecule is Clc1ccc(Oc2nc(Oc3ccc(Cl)cc3Cl)nc(-c3ccccc3)n2)c(Cl)c1. The molecule has 0 aliphatic rings. The molecule has 0 amide bonds. The van der Waals surface area contributed by atoms with Gasteiger partial charge in [-0.05, 0) is 36.4 Å². The molecule has 0 bridgehead atoms. The largest absolute Gasteiger partial charge is 0.423 e. The first kappa shape index (κ1) is 20.7. The highest BCUT2D eigenvalue weighted by molar-refractivity contribution is 6.36. The van der Waals surface area contributed by atoms with Crippen LogP contribution in [-0.4, -0.2) is 15.0 Å². The lowest BCUT2D eigenvalue weighted by atomic mass is 10.2. The third kappa shape index (κ3) is 4.94. The third-order valence-corrected chi connectivity index (χ3v) is 4.88. The van der Waals surface area contributed by atoms with E-state index in [9.17, 15) is 0 Å². The Morgan fingerprint density at radius 2 is 1.07 bits per heavy atom. The summed E-state index contributed by atoms with van der Waals surface area (Å²) in [4.78, 5) is 13.0. The Morgan fingerprint density at radius 3 is 1.53 bits per heavy atom. The van der Waals surface area contributed by atoms with Gasteiger partial charge in [-0.15, -0.1) is 4.98 Å². The Morgan fingerprint density at radius 1 is 0.567 bits per heavy atom. The van der Waals surface area contributed by atoms with Crippen molar-refractivity contribution < 1.29 is 9.47 Å². The number of halogens is 4. The Labute approximate surface area is 192 Å². The van der Waals surface area contributed by atoms with Crippen LogP contribution in [0.4, 0.5) is 0 Å². The molecule has 0 saturated heterocycles. The lowest BCUT2D eigenvalue weighted by molar-refractivity contribution is 0.399. The van der Waals surface area contributed by atoms with Crippen molar-refractivity contribution in [3.63, 3.8) is 0 Å². The van der Waals surface area contributed by atoms with Crippen LogP contribution in [-0.2, 0) is 0 Å². The Balaban J connectivity index is 1.74. The average Bonchev–Trinajstić information content (AvgIpc) is 2.73. The number of benzene rings is 3. The fraction of sp³-hybridized carbons (Fsp3) is 0. The van der Waals surface area contributed by atoms with Crippen molar-refractivity contribution in [2.75, 3.05) is 0 Å². The fourth-order valence-corrected chi connectivity index (χ4v) is 3.35. The summed E-state index contributed by atoms with van der Waals surface area (Å²) < 4.78 is 11.5. The smallest absolute Gasteiger partial charge is 0.328 e. The molecule has 5 nitrogen and oxygen atoms in total. The first-order chi connectivity index (χ1) is 14.5. The Bertz CT molecular complexity index is 1130. The van der Waals surface area contributed by atoms with E-state index >= 15 is 0 Å². The highest BCUT2D eigenvalue weighted by Crippen LogP contribution is 2.34. The summed E-state index contributed by atoms with van der Waals surface area (Å²) in [6, 6.07) is 19.0. The Hall–Kier alpha value is -2.57. The van der Waals surface area contributed by atoms with Crippen molar-refractivity contribution in [2.24, 2.45) is 0 Å². The quantitative estimate of drug-likeness (QED) is 0.293. The first-order valence-electron chi connectivity index (χ1n) is 8.55. The van der Waals surface area contributed by atoms with Gasteiger partial charge in [0.15, 0.2) is 5.82 Å². The minimum Gasteiger partial charge on any atom is -0.423 e. The van der Waals surface area contributed by atoms with E-state index in [1.54, 1.807) is 36.4 Å². The molecule has 1 heterocycles. The molecule has 1 aromatic heterocycles. The Kier molecular flexibility index (Phi) is 6.25. The molecule has 9 heteroatoms. The van der Waals surface area contributed by atoms with Gasteiger partial charge in [0.25, 0.3) is 0 Å². The highest BCUT2D eigenvalue weighted by atomic mass is 35.5. The molecule has 4 aromatic rings. The number of hydrogen-bond acceptors (Lipinski definition) is 5. The van der Waals surface area contributed by atoms with E-state index in [1.165, 1.54) is 0 Å². The topological polar surface area (TPSA) is 57.1 Å². The van der Waals surface area contributed by atoms with Gasteiger partial charge in [-0.2, -0.15) is 9.97 Å². The van der Waals surface area contributed by atoms with E-state index in [1.807, 2.05) is 30.3 Å². The molecular weight excluding hydrogens is 468 g/mol. The summed E-state index contributed by atoms with van der Waals surface area (Å²) in [6.07, 6.45) is 0. The van der Waals surface area contributed by atoms with E-state index in [4.69, 9.17) is 55.9 Å². The van der Waals surface area contributed by atoms with E-state index in [2.05, 4.69) is 15.0 Å². The van der Waals surface area contributed by atoms with E-state index in [0.29, 0.717) is 37.4 Å². The number of hydrogen-bond donors (Lipinski definition) is 0. The molecule has 0 radical (unpaired) electrons. The monoisotopic (exact) mass is 477 g/mol. The molecule has 0 aliphatic carbocycles. The summed E-state index contributed by atoms with van der Waals surface area (Å²) in [5.74, 6) is 1.02. The minimum absolute atomic E-state index is 0.00633. The van der Waals surface area contributed by atoms with E-state index in [0.717, 1.165) is 5.56 Å². The van der Waals surface area contributed by atoms with Crippen molar-refractivity contribution in [1.82, 2.24) is 15.0 Å². The van der Waals surface area contributed by atoms with Crippen molar-refractivity contribution >= 4 is 46.4 Å². The van der Waals surface area contributed by atoms with Gasteiger partial charge in [-0.1, -0.05) is 76.7 Å². The van der Waals surface area contributed by atoms with Crippen LogP contribution in [0.15, 0.2) is 66.7 Å². The van der Waals surface area contributed by atoms with Crippen LogP contribution in [0.2, 0.25) is 20.1 Å². The number of rotatable bonds is 5. The molecule has 150 valence electrons. The van der Waals surface area contributed by atoms with Gasteiger partial charge in [-0.25, -0.2) is 0 Å². The molecule has 0 aliphatic heterocycles. The molecule has 4 rings (SSSR count). The first-order valence-corrected chi connectivity index (χ1v) is 10.1. The van der Waals surface area contributed by atoms with Gasteiger partial charge in [-0.3, -0.25) is 0 Å². The van der Waals surface area contributed by atoms with Crippen LogP contribution < -0.4 is 9.47 Å². The molecule has 0 atom stereocenters. The van der Waals surface area contributed by atoms with Crippen LogP contribution in [0.1, 0.15) is 0 Å². The van der Waals surface area contributed by atoms with E-state index in [-0.39, 0.29) is 12.0 Å². The molecular formula is C21H11Cl4N3O2. The summed E-state index contributed by atoms with van der Waals surface area (Å²) >= 11 is 24.3. The predicted molar refractivity (Wildman–Crippen MR) is 118 cm³/mol. The average molecular weight is 479 g/mol. The lowest BCUT2D eigenvalue weighted by Crippen LogP contribution is -2.01. The second-order valence-electron chi connectivity index (χ2n) is 5.94. The molecule has 0 N–H and O–H groups in total. The van der Waals surface area contributed by atoms with Crippen LogP contribution in [0, 0.1) is 0 Å². The standard InChI is InChI=1S/C21H11Cl4N3O2/c22-13-6-8-17(15(24)10-13)29-20-26-19(12-4-2-1-3-5-12)27-21(28-20)30-18-9-7-14(23)11-16(18)25/h1-11H. The van der Waals surface area contributed by atoms with Gasteiger partial charge in [0.05, 0.1) is 10.0 Å². The number of aromatic nitrogens is 3. The zero-order valence-electron chi connectivity index (χ0n) is 15.0. The highest BCUT2D eigenvalue weighted by Gasteiger charge is 2.15. The fourth-order valence-electron chi connectivity index (χ4n) is 2.46. The molecule has 0 saturated carbocycles. The maximum absolute atomic E-state index is 6.20. The molecule has 0 spiro atoms. The second-order valence-corrected chi connectivity index (χ2v) is 7.63. The van der Waals surface area contributed by atoms with Gasteiger partial charge in [0, 0.05) is 15.6 Å². The summed E-state index contributed by atoms with van der Waals surface area (Å²) in [5, 5.41) is 1.59. The van der Waals surface area contributed by atoms with E-state index < -0.39 is 0 Å². The van der Waals surface area contributed by atoms with Crippen LogP contribution in [0.3, 0.4) is 0 Å². The minimum atomic E-state index is -0.00633. The second kappa shape index (κ2) is 9.06. The summed E-state index contributed by atoms with van der Waals surface area (Å²) in [7, 11) is 0. The van der Waals surface area contributed by atoms with Gasteiger partial charge in [0.1, 0.15) is 11.5 Å². The lowest BCUT2D eigenvalue weighted by Gasteiger charge is -2.11. The molecule has 0 fully saturated rings. The zero-order chi connectivity index (χ0) is 21.1. The summed E-state index contributed by atoms with van der Waals surface area (Å²) in [6.45, 7) is 0. The van der Waals surface area contributed by atoms with Crippen molar-refractivity contribution in [1.29, 1.82) is 0 Å². The predicted octanol–water partition coefficient (Wildman–Crippen LogP) is 7.74. The zero-order valence-corrected chi connectivity index (χ0v) is 18.0. The van der Waals surface area contributed by atoms with Crippen LogP contribution in [0.25, 0.3) is 11.4 Å². The molecule has 3 aromatic carbocycles. The molecule has 0 unspecified atom stereocenters. The maximum atomic E-state index is 6.20. The van der Waals surface area contributed by atoms with Gasteiger partial charge < -0.3 is 9.47 Å². The van der Waals surface area contributed by atoms with Crippen molar-refractivity contribution in [2.45, 2.75) is 0 Å². The maximum Gasteiger partial charge on any atom is 0.328 e. The summed E-state index contributed by atoms with van der Waals surface area (Å²) in [5.41, 5.74) is 0.749. The van der Waals surface area contributed by atoms with Crippen LogP contribution in [0.5, 0.6) is 23.5 Å². The van der Waals surface area contributed by atoms with Gasteiger partial charge in [0.2, 0.25) is 0 Å². The normalized spacial score (nSPS) is 10.7. The van der Waals surface area contributed by atoms with Gasteiger partial charge >= 0.3 is 12.0 Å². The van der Waals surface area contributed by atoms with Crippen molar-refractivity contribution in [3.05, 3.63) is 86.8 Å². The number of nitrogens with zero attached hydrogens (tertiary/aromatic N) is 3.